The van der Waals surface area contributed by atoms with Gasteiger partial charge in [-0.2, -0.15) is 6.42 Å². The molecule has 0 aromatic heterocycles. The molecule has 0 heterocycles. The number of alkyl halides is 1. The zero-order valence-corrected chi connectivity index (χ0v) is 79.6. The van der Waals surface area contributed by atoms with E-state index < -0.39 is 7.12 Å². The number of aliphatic hydroxyl groups excluding tert-OH is 3. The van der Waals surface area contributed by atoms with E-state index in [1.807, 2.05) is 237 Å². The van der Waals surface area contributed by atoms with Crippen LogP contribution in [0.2, 0.25) is 6.82 Å². The van der Waals surface area contributed by atoms with Crippen LogP contribution in [0.25, 0.3) is 48.5 Å². The summed E-state index contributed by atoms with van der Waals surface area (Å²) in [6.07, 6.45) is 1.75. The maximum atomic E-state index is 9.50. The van der Waals surface area contributed by atoms with Gasteiger partial charge in [0, 0.05) is 123 Å². The Hall–Kier alpha value is -11.5. The largest absolute Gasteiger partial charge is 0.557 e. The van der Waals surface area contributed by atoms with Gasteiger partial charge in [0.25, 0.3) is 0 Å². The van der Waals surface area contributed by atoms with Crippen LogP contribution in [0.3, 0.4) is 0 Å². The Morgan fingerprint density at radius 3 is 0.418 bits per heavy atom. The van der Waals surface area contributed by atoms with Crippen LogP contribution in [0.15, 0.2) is 303 Å². The molecule has 0 fully saturated rings. The topological polar surface area (TPSA) is 207 Å². The van der Waals surface area contributed by atoms with E-state index in [1.54, 1.807) is 150 Å². The van der Waals surface area contributed by atoms with Crippen molar-refractivity contribution in [1.82, 2.24) is 0 Å². The summed E-state index contributed by atoms with van der Waals surface area (Å²) in [6, 6.07) is 91.8. The molecule has 0 unspecified atom stereocenters. The minimum Gasteiger partial charge on any atom is -0.557 e. The standard InChI is InChI=1S/10C7H5N.C3H8O.C3H7.C2H6O.C2H5O.C2H6O.C2H4O.3C2H6.CH5BO2.CH3F.2CH4O.CHO.CH3.4V/c10*1-8-7-5-3-2-4-6-7;1-3-4-2;3*1-3-2;2*1-2-3;3*1-2;1-2(3)4;4*1-2;;;;;/h10*2-6H;3H2,1-2H3;1,3H2,2H3;1-2H3;1H2,2H3;3H,2H2,1H3;2H,1H3;3*1-2H3;3-4H,1H3;1H3;2*2H,1H3;1H;1H3;;;;/q;;;;;;;;;;;-1;;-1;;;;;;;;;;2*-1;;;;. The number of methoxy groups -OCH3 is 3. The molecule has 0 saturated carbocycles. The van der Waals surface area contributed by atoms with Crippen LogP contribution >= 0.6 is 0 Å². The maximum Gasteiger partial charge on any atom is 0.448 e. The fourth-order valence-corrected chi connectivity index (χ4v) is 5.03. The number of carbonyl (C=O) groups excluding carboxylic acids is 2. The monoisotopic (exact) mass is 1810 g/mol. The predicted molar refractivity (Wildman–Crippen MR) is 497 cm³/mol. The molecule has 10 aromatic carbocycles. The third-order valence-corrected chi connectivity index (χ3v) is 9.14. The second kappa shape index (κ2) is 165. The first-order chi connectivity index (χ1) is 57.0. The molecule has 0 aliphatic heterocycles. The summed E-state index contributed by atoms with van der Waals surface area (Å²) < 4.78 is 22.3. The van der Waals surface area contributed by atoms with Gasteiger partial charge in [0.15, 0.2) is 56.9 Å². The molecule has 122 heavy (non-hydrogen) atoms. The molecule has 0 saturated heterocycles. The third-order valence-electron chi connectivity index (χ3n) is 9.14. The molecule has 0 atom stereocenters. The molecule has 20 nitrogen and oxygen atoms in total. The van der Waals surface area contributed by atoms with Crippen LogP contribution in [-0.2, 0) is 98.0 Å². The van der Waals surface area contributed by atoms with E-state index in [1.165, 1.54) is 20.9 Å². The Morgan fingerprint density at radius 1 is 0.344 bits per heavy atom. The van der Waals surface area contributed by atoms with Crippen molar-refractivity contribution in [2.45, 2.75) is 82.5 Å². The molecule has 0 amide bonds. The minimum absolute atomic E-state index is 0. The Bertz CT molecular complexity index is 3100. The van der Waals surface area contributed by atoms with E-state index in [0.29, 0.717) is 64.1 Å². The number of aldehydes is 1. The van der Waals surface area contributed by atoms with Gasteiger partial charge in [-0.05, 0) is 34.7 Å². The summed E-state index contributed by atoms with van der Waals surface area (Å²) in [4.78, 5) is 48.8. The van der Waals surface area contributed by atoms with E-state index >= 15 is 0 Å². The van der Waals surface area contributed by atoms with Gasteiger partial charge >= 0.3 is 7.12 Å². The molecule has 4 radical (unpaired) electrons. The van der Waals surface area contributed by atoms with Crippen LogP contribution in [-0.4, -0.2) is 109 Å². The Balaban J connectivity index is -0.0000000542. The summed E-state index contributed by atoms with van der Waals surface area (Å²) >= 11 is 0. The predicted octanol–water partition coefficient (Wildman–Crippen LogP) is 27.3. The molecule has 10 rings (SSSR count). The first-order valence-electron chi connectivity index (χ1n) is 35.1. The van der Waals surface area contributed by atoms with Gasteiger partial charge in [-0.25, -0.2) is 55.6 Å². The van der Waals surface area contributed by atoms with Crippen molar-refractivity contribution in [3.8, 4) is 0 Å². The van der Waals surface area contributed by atoms with Crippen molar-refractivity contribution in [3.63, 3.8) is 0 Å². The van der Waals surface area contributed by atoms with Crippen LogP contribution in [0.1, 0.15) is 75.7 Å². The van der Waals surface area contributed by atoms with Crippen molar-refractivity contribution in [2.24, 2.45) is 0 Å². The van der Waals surface area contributed by atoms with Crippen molar-refractivity contribution >= 4 is 77.1 Å². The Kier molecular flexibility index (Phi) is 213. The van der Waals surface area contributed by atoms with Crippen LogP contribution in [0, 0.1) is 87.2 Å². The van der Waals surface area contributed by atoms with Crippen LogP contribution < -0.4 is 0 Å². The second-order valence-electron chi connectivity index (χ2n) is 17.4. The molecule has 0 bridgehead atoms. The molecule has 652 valence electrons. The van der Waals surface area contributed by atoms with Crippen molar-refractivity contribution in [1.29, 1.82) is 0 Å². The van der Waals surface area contributed by atoms with Gasteiger partial charge in [0.05, 0.1) is 72.9 Å². The summed E-state index contributed by atoms with van der Waals surface area (Å²) in [5, 5.41) is 36.8. The normalized spacial score (nSPS) is 6.66. The number of halogens is 1. The van der Waals surface area contributed by atoms with Gasteiger partial charge in [0.1, 0.15) is 6.29 Å². The smallest absolute Gasteiger partial charge is 0.448 e. The summed E-state index contributed by atoms with van der Waals surface area (Å²) in [7, 11) is 10.8. The van der Waals surface area contributed by atoms with Gasteiger partial charge in [-0.3, -0.25) is 11.2 Å². The fraction of sp³-hybridized carbons (Fsp3) is 0.219. The quantitative estimate of drug-likeness (QED) is 0.0597. The second-order valence-corrected chi connectivity index (χ2v) is 17.4. The van der Waals surface area contributed by atoms with Gasteiger partial charge in [-0.15, -0.1) is 0 Å². The number of carbonyl (C=O) groups is 1. The van der Waals surface area contributed by atoms with E-state index in [9.17, 15) is 4.39 Å². The number of aliphatic hydroxyl groups is 3. The average molecular weight is 1810 g/mol. The number of ether oxygens (including phenoxy) is 3. The first kappa shape index (κ1) is 158. The number of hydrogen-bond acceptors (Lipinski definition) is 10. The van der Waals surface area contributed by atoms with Crippen molar-refractivity contribution in [2.75, 3.05) is 63.1 Å². The van der Waals surface area contributed by atoms with E-state index in [4.69, 9.17) is 101 Å². The zero-order valence-electron chi connectivity index (χ0n) is 74.1. The SMILES string of the molecule is CB(O)O.CC.CC.CC.CC=O.CCO.CCOC.CF.CO.CO.COC.[C-]#[N+]c1ccccc1.[C-]#[N+]c1ccccc1.[C-]#[N+]c1ccccc1.[C-]#[N+]c1ccccc1.[C-]#[N+]c1ccccc1.[C-]#[N+]c1ccccc1.[C-]#[N+]c1ccccc1.[C-]#[N+]c1ccccc1.[C-]#[N+]c1ccccc1.[C-]#[N+]c1ccccc1.[CH-]=O.[CH2-]CC.[CH2-]OC.[CH3-].[V].[V].[V].[V]. The first-order valence-corrected chi connectivity index (χ1v) is 35.1. The maximum absolute atomic E-state index is 9.50. The van der Waals surface area contributed by atoms with E-state index in [-0.39, 0.29) is 88.3 Å². The summed E-state index contributed by atoms with van der Waals surface area (Å²) in [5.74, 6) is 0. The number of nitrogens with zero attached hydrogens (tertiary/aromatic N) is 10. The van der Waals surface area contributed by atoms with E-state index in [2.05, 4.69) is 83.5 Å². The molecule has 5 N–H and O–H groups in total. The molecule has 10 aromatic rings. The summed E-state index contributed by atoms with van der Waals surface area (Å²) in [6.45, 7) is 93.9. The molecule has 26 heteroatoms. The van der Waals surface area contributed by atoms with Gasteiger partial charge < -0.3 is 63.5 Å². The molecular formula is C96H124BFN10O10V4-4. The zero-order chi connectivity index (χ0) is 92.7. The van der Waals surface area contributed by atoms with Gasteiger partial charge in [0.2, 0.25) is 0 Å². The summed E-state index contributed by atoms with van der Waals surface area (Å²) in [5.41, 5.74) is 7.01. The number of hydrogen-bond donors (Lipinski definition) is 5. The fourth-order valence-electron chi connectivity index (χ4n) is 5.03. The number of rotatable bonds is 1. The van der Waals surface area contributed by atoms with Crippen molar-refractivity contribution in [3.05, 3.63) is 439 Å². The average Bonchev–Trinajstić information content (AvgIpc) is 1.09. The molecular weight excluding hydrogens is 1690 g/mol. The molecule has 0 spiro atoms. The van der Waals surface area contributed by atoms with Gasteiger partial charge in [-0.1, -0.05) is 352 Å². The molecule has 0 aliphatic carbocycles. The van der Waals surface area contributed by atoms with Crippen LogP contribution in [0.5, 0.6) is 0 Å². The van der Waals surface area contributed by atoms with Crippen LogP contribution in [0.4, 0.5) is 61.3 Å². The third kappa shape index (κ3) is 156. The van der Waals surface area contributed by atoms with E-state index in [0.717, 1.165) is 33.5 Å². The Labute approximate surface area is 783 Å². The Morgan fingerprint density at radius 2 is 0.393 bits per heavy atom. The number of para-hydroxylation sites is 10. The van der Waals surface area contributed by atoms with Crippen molar-refractivity contribution < 1.29 is 128 Å². The molecule has 0 aliphatic rings. The number of benzene rings is 10. The minimum atomic E-state index is -1.17.